The maximum Gasteiger partial charge on any atom is 0.356 e. The second kappa shape index (κ2) is 4.39. The quantitative estimate of drug-likeness (QED) is 0.851. The van der Waals surface area contributed by atoms with Crippen molar-refractivity contribution >= 4 is 23.3 Å². The second-order valence-electron chi connectivity index (χ2n) is 3.31. The fraction of sp³-hybridized carbons (Fsp3) is 0. The number of halogens is 1. The van der Waals surface area contributed by atoms with Crippen molar-refractivity contribution in [1.82, 2.24) is 9.97 Å². The van der Waals surface area contributed by atoms with E-state index in [4.69, 9.17) is 22.4 Å². The molecule has 1 heterocycles. The van der Waals surface area contributed by atoms with Gasteiger partial charge in [-0.05, 0) is 12.1 Å². The van der Waals surface area contributed by atoms with Crippen LogP contribution in [0.2, 0.25) is 5.02 Å². The Morgan fingerprint density at radius 2 is 2.18 bits per heavy atom. The highest BCUT2D eigenvalue weighted by Crippen LogP contribution is 2.20. The molecule has 0 bridgehead atoms. The summed E-state index contributed by atoms with van der Waals surface area (Å²) >= 11 is 5.83. The number of aromatic nitrogens is 2. The maximum absolute atomic E-state index is 10.9. The van der Waals surface area contributed by atoms with Crippen LogP contribution in [0.15, 0.2) is 30.5 Å². The predicted octanol–water partition coefficient (Wildman–Crippen LogP) is 2.08. The van der Waals surface area contributed by atoms with Gasteiger partial charge in [-0.25, -0.2) is 14.8 Å². The summed E-state index contributed by atoms with van der Waals surface area (Å²) in [6.45, 7) is 0. The number of nitrogens with zero attached hydrogens (tertiary/aromatic N) is 2. The van der Waals surface area contributed by atoms with Crippen LogP contribution in [0.1, 0.15) is 10.5 Å². The Morgan fingerprint density at radius 1 is 1.41 bits per heavy atom. The topological polar surface area (TPSA) is 89.1 Å². The third kappa shape index (κ3) is 2.34. The van der Waals surface area contributed by atoms with Crippen molar-refractivity contribution < 1.29 is 9.90 Å². The van der Waals surface area contributed by atoms with Crippen molar-refractivity contribution in [3.8, 4) is 11.4 Å². The van der Waals surface area contributed by atoms with Gasteiger partial charge in [0.05, 0.1) is 11.9 Å². The first-order chi connectivity index (χ1) is 8.08. The van der Waals surface area contributed by atoms with Crippen molar-refractivity contribution in [3.05, 3.63) is 41.2 Å². The first kappa shape index (κ1) is 11.3. The summed E-state index contributed by atoms with van der Waals surface area (Å²) in [6.07, 6.45) is 1.27. The number of aromatic carboxylic acids is 1. The van der Waals surface area contributed by atoms with Crippen LogP contribution < -0.4 is 5.73 Å². The summed E-state index contributed by atoms with van der Waals surface area (Å²) in [7, 11) is 0. The van der Waals surface area contributed by atoms with Crippen LogP contribution in [0.4, 0.5) is 5.69 Å². The highest BCUT2D eigenvalue weighted by Gasteiger charge is 2.12. The summed E-state index contributed by atoms with van der Waals surface area (Å²) in [5.74, 6) is -0.910. The fourth-order valence-electron chi connectivity index (χ4n) is 1.33. The summed E-state index contributed by atoms with van der Waals surface area (Å²) in [6, 6.07) is 6.83. The van der Waals surface area contributed by atoms with Gasteiger partial charge >= 0.3 is 5.97 Å². The van der Waals surface area contributed by atoms with E-state index in [1.54, 1.807) is 24.3 Å². The largest absolute Gasteiger partial charge is 0.476 e. The molecule has 1 aromatic carbocycles. The lowest BCUT2D eigenvalue weighted by molar-refractivity contribution is 0.0691. The van der Waals surface area contributed by atoms with Crippen molar-refractivity contribution in [2.45, 2.75) is 0 Å². The molecule has 2 rings (SSSR count). The van der Waals surface area contributed by atoms with E-state index in [0.717, 1.165) is 0 Å². The van der Waals surface area contributed by atoms with Gasteiger partial charge in [0.1, 0.15) is 0 Å². The van der Waals surface area contributed by atoms with E-state index in [-0.39, 0.29) is 17.2 Å². The van der Waals surface area contributed by atoms with Gasteiger partial charge < -0.3 is 10.8 Å². The zero-order chi connectivity index (χ0) is 12.4. The van der Waals surface area contributed by atoms with Gasteiger partial charge in [-0.2, -0.15) is 0 Å². The molecule has 0 fully saturated rings. The Morgan fingerprint density at radius 3 is 2.82 bits per heavy atom. The molecule has 86 valence electrons. The van der Waals surface area contributed by atoms with E-state index in [0.29, 0.717) is 10.6 Å². The molecule has 0 spiro atoms. The molecule has 1 aromatic heterocycles. The zero-order valence-corrected chi connectivity index (χ0v) is 9.35. The van der Waals surface area contributed by atoms with Crippen molar-refractivity contribution in [2.24, 2.45) is 0 Å². The average Bonchev–Trinajstić information content (AvgIpc) is 2.29. The number of rotatable bonds is 2. The Hall–Kier alpha value is -2.14. The molecule has 17 heavy (non-hydrogen) atoms. The average molecular weight is 250 g/mol. The van der Waals surface area contributed by atoms with Crippen molar-refractivity contribution in [2.75, 3.05) is 5.73 Å². The number of hydrogen-bond acceptors (Lipinski definition) is 4. The minimum absolute atomic E-state index is 0.0308. The lowest BCUT2D eigenvalue weighted by atomic mass is 10.2. The number of carboxylic acid groups (broad SMARTS) is 1. The van der Waals surface area contributed by atoms with Gasteiger partial charge in [-0.3, -0.25) is 0 Å². The van der Waals surface area contributed by atoms with Gasteiger partial charge in [0.15, 0.2) is 11.5 Å². The summed E-state index contributed by atoms with van der Waals surface area (Å²) < 4.78 is 0. The standard InChI is InChI=1S/C11H8ClN3O2/c12-7-3-1-2-6(4-7)10-14-5-8(13)9(15-10)11(16)17/h1-5H,13H2,(H,16,17). The van der Waals surface area contributed by atoms with Crippen LogP contribution >= 0.6 is 11.6 Å². The first-order valence-electron chi connectivity index (χ1n) is 4.69. The van der Waals surface area contributed by atoms with E-state index in [1.807, 2.05) is 0 Å². The van der Waals surface area contributed by atoms with Crippen LogP contribution in [0.3, 0.4) is 0 Å². The molecule has 0 aliphatic carbocycles. The maximum atomic E-state index is 10.9. The highest BCUT2D eigenvalue weighted by atomic mass is 35.5. The normalized spacial score (nSPS) is 10.2. The molecule has 0 saturated carbocycles. The smallest absolute Gasteiger partial charge is 0.356 e. The Balaban J connectivity index is 2.54. The number of anilines is 1. The lowest BCUT2D eigenvalue weighted by Gasteiger charge is -2.03. The molecular formula is C11H8ClN3O2. The van der Waals surface area contributed by atoms with Gasteiger partial charge in [-0.1, -0.05) is 23.7 Å². The molecule has 3 N–H and O–H groups in total. The summed E-state index contributed by atoms with van der Waals surface area (Å²) in [4.78, 5) is 18.7. The van der Waals surface area contributed by atoms with Gasteiger partial charge in [0.2, 0.25) is 0 Å². The fourth-order valence-corrected chi connectivity index (χ4v) is 1.52. The Labute approximate surface area is 102 Å². The minimum atomic E-state index is -1.19. The van der Waals surface area contributed by atoms with Crippen molar-refractivity contribution in [3.63, 3.8) is 0 Å². The number of carbonyl (C=O) groups is 1. The first-order valence-corrected chi connectivity index (χ1v) is 5.07. The van der Waals surface area contributed by atoms with Crippen LogP contribution in [0.25, 0.3) is 11.4 Å². The van der Waals surface area contributed by atoms with Crippen LogP contribution in [0, 0.1) is 0 Å². The molecule has 0 amide bonds. The SMILES string of the molecule is Nc1cnc(-c2cccc(Cl)c2)nc1C(=O)O. The second-order valence-corrected chi connectivity index (χ2v) is 3.75. The van der Waals surface area contributed by atoms with E-state index >= 15 is 0 Å². The molecule has 0 atom stereocenters. The molecule has 6 heteroatoms. The highest BCUT2D eigenvalue weighted by molar-refractivity contribution is 6.30. The molecular weight excluding hydrogens is 242 g/mol. The van der Waals surface area contributed by atoms with Crippen LogP contribution in [-0.2, 0) is 0 Å². The molecule has 0 aliphatic heterocycles. The number of nitrogens with two attached hydrogens (primary N) is 1. The molecule has 2 aromatic rings. The third-order valence-electron chi connectivity index (χ3n) is 2.10. The van der Waals surface area contributed by atoms with Crippen molar-refractivity contribution in [1.29, 1.82) is 0 Å². The lowest BCUT2D eigenvalue weighted by Crippen LogP contribution is -2.07. The molecule has 0 unspecified atom stereocenters. The predicted molar refractivity (Wildman–Crippen MR) is 63.8 cm³/mol. The monoisotopic (exact) mass is 249 g/mol. The number of nitrogen functional groups attached to an aromatic ring is 1. The van der Waals surface area contributed by atoms with E-state index in [2.05, 4.69) is 9.97 Å². The Bertz CT molecular complexity index is 587. The van der Waals surface area contributed by atoms with Crippen LogP contribution in [0.5, 0.6) is 0 Å². The number of benzene rings is 1. The molecule has 5 nitrogen and oxygen atoms in total. The Kier molecular flexibility index (Phi) is 2.93. The van der Waals surface area contributed by atoms with Gasteiger partial charge in [-0.15, -0.1) is 0 Å². The summed E-state index contributed by atoms with van der Waals surface area (Å²) in [5, 5.41) is 9.42. The number of carboxylic acids is 1. The zero-order valence-electron chi connectivity index (χ0n) is 8.59. The third-order valence-corrected chi connectivity index (χ3v) is 2.34. The molecule has 0 saturated heterocycles. The minimum Gasteiger partial charge on any atom is -0.476 e. The summed E-state index contributed by atoms with van der Waals surface area (Å²) in [5.41, 5.74) is 5.92. The molecule has 0 aliphatic rings. The molecule has 0 radical (unpaired) electrons. The van der Waals surface area contributed by atoms with Crippen LogP contribution in [-0.4, -0.2) is 21.0 Å². The van der Waals surface area contributed by atoms with E-state index in [1.165, 1.54) is 6.20 Å². The van der Waals surface area contributed by atoms with Gasteiger partial charge in [0, 0.05) is 10.6 Å². The van der Waals surface area contributed by atoms with E-state index in [9.17, 15) is 4.79 Å². The van der Waals surface area contributed by atoms with Gasteiger partial charge in [0.25, 0.3) is 0 Å². The number of hydrogen-bond donors (Lipinski definition) is 2. The van der Waals surface area contributed by atoms with E-state index < -0.39 is 5.97 Å².